The summed E-state index contributed by atoms with van der Waals surface area (Å²) in [5.41, 5.74) is 7.83. The Kier molecular flexibility index (Phi) is 3.19. The molecular formula is C19H19N. The molecule has 0 amide bonds. The highest BCUT2D eigenvalue weighted by Gasteiger charge is 2.16. The van der Waals surface area contributed by atoms with Gasteiger partial charge in [-0.15, -0.1) is 0 Å². The number of hydrogen-bond donors (Lipinski definition) is 0. The van der Waals surface area contributed by atoms with Crippen molar-refractivity contribution in [3.8, 4) is 16.9 Å². The highest BCUT2D eigenvalue weighted by molar-refractivity contribution is 5.70. The van der Waals surface area contributed by atoms with Crippen molar-refractivity contribution in [2.45, 2.75) is 20.8 Å². The third-order valence-electron chi connectivity index (χ3n) is 4.08. The molecule has 0 saturated heterocycles. The van der Waals surface area contributed by atoms with E-state index in [0.717, 1.165) is 0 Å². The van der Waals surface area contributed by atoms with Crippen LogP contribution in [0.2, 0.25) is 0 Å². The molecule has 1 nitrogen and oxygen atoms in total. The van der Waals surface area contributed by atoms with Gasteiger partial charge in [-0.05, 0) is 49.6 Å². The lowest BCUT2D eigenvalue weighted by Crippen LogP contribution is -1.99. The van der Waals surface area contributed by atoms with Crippen molar-refractivity contribution in [3.05, 3.63) is 77.5 Å². The molecule has 0 spiro atoms. The first-order chi connectivity index (χ1) is 9.70. The highest BCUT2D eigenvalue weighted by Crippen LogP contribution is 2.33. The molecule has 1 aromatic heterocycles. The molecule has 20 heavy (non-hydrogen) atoms. The van der Waals surface area contributed by atoms with E-state index >= 15 is 0 Å². The maximum Gasteiger partial charge on any atom is 0.0563 e. The molecule has 2 aromatic carbocycles. The van der Waals surface area contributed by atoms with Crippen LogP contribution in [0.4, 0.5) is 0 Å². The summed E-state index contributed by atoms with van der Waals surface area (Å²) in [6.07, 6.45) is 0. The van der Waals surface area contributed by atoms with E-state index in [-0.39, 0.29) is 0 Å². The topological polar surface area (TPSA) is 4.93 Å². The molecule has 0 aliphatic heterocycles. The molecule has 0 fully saturated rings. The molecule has 0 aliphatic rings. The van der Waals surface area contributed by atoms with Crippen molar-refractivity contribution in [3.63, 3.8) is 0 Å². The van der Waals surface area contributed by atoms with Gasteiger partial charge in [0.05, 0.1) is 5.69 Å². The first-order valence-corrected chi connectivity index (χ1v) is 6.99. The van der Waals surface area contributed by atoms with E-state index in [0.29, 0.717) is 0 Å². The summed E-state index contributed by atoms with van der Waals surface area (Å²) in [4.78, 5) is 0. The van der Waals surface area contributed by atoms with Gasteiger partial charge < -0.3 is 4.57 Å². The molecule has 0 saturated carbocycles. The SMILES string of the molecule is Cc1c(C)c(-c2ccccc2)n(-c2ccccc2)c1C. The molecule has 0 atom stereocenters. The van der Waals surface area contributed by atoms with E-state index < -0.39 is 0 Å². The minimum Gasteiger partial charge on any atom is -0.313 e. The van der Waals surface area contributed by atoms with E-state index in [1.54, 1.807) is 0 Å². The maximum atomic E-state index is 2.36. The molecule has 0 unspecified atom stereocenters. The first-order valence-electron chi connectivity index (χ1n) is 6.99. The Morgan fingerprint density at radius 2 is 1.20 bits per heavy atom. The molecule has 0 aliphatic carbocycles. The van der Waals surface area contributed by atoms with Gasteiger partial charge in [-0.3, -0.25) is 0 Å². The number of para-hydroxylation sites is 1. The van der Waals surface area contributed by atoms with Crippen LogP contribution in [0.5, 0.6) is 0 Å². The zero-order valence-electron chi connectivity index (χ0n) is 12.2. The monoisotopic (exact) mass is 261 g/mol. The summed E-state index contributed by atoms with van der Waals surface area (Å²) in [7, 11) is 0. The van der Waals surface area contributed by atoms with E-state index in [9.17, 15) is 0 Å². The second-order valence-electron chi connectivity index (χ2n) is 5.22. The Morgan fingerprint density at radius 1 is 0.650 bits per heavy atom. The van der Waals surface area contributed by atoms with E-state index in [2.05, 4.69) is 86.0 Å². The Bertz CT molecular complexity index is 658. The van der Waals surface area contributed by atoms with Gasteiger partial charge in [0.1, 0.15) is 0 Å². The van der Waals surface area contributed by atoms with Gasteiger partial charge in [0.15, 0.2) is 0 Å². The fourth-order valence-corrected chi connectivity index (χ4v) is 2.79. The smallest absolute Gasteiger partial charge is 0.0563 e. The number of benzene rings is 2. The fraction of sp³-hybridized carbons (Fsp3) is 0.158. The van der Waals surface area contributed by atoms with Crippen molar-refractivity contribution in [1.29, 1.82) is 0 Å². The van der Waals surface area contributed by atoms with Crippen molar-refractivity contribution < 1.29 is 0 Å². The van der Waals surface area contributed by atoms with Crippen LogP contribution in [0.3, 0.4) is 0 Å². The molecule has 0 radical (unpaired) electrons. The highest BCUT2D eigenvalue weighted by atomic mass is 15.0. The Hall–Kier alpha value is -2.28. The fourth-order valence-electron chi connectivity index (χ4n) is 2.79. The largest absolute Gasteiger partial charge is 0.313 e. The molecule has 3 aromatic rings. The molecule has 0 N–H and O–H groups in total. The predicted molar refractivity (Wildman–Crippen MR) is 85.4 cm³/mol. The van der Waals surface area contributed by atoms with Gasteiger partial charge in [-0.1, -0.05) is 48.5 Å². The summed E-state index contributed by atoms with van der Waals surface area (Å²) in [6.45, 7) is 6.61. The van der Waals surface area contributed by atoms with Gasteiger partial charge in [-0.25, -0.2) is 0 Å². The summed E-state index contributed by atoms with van der Waals surface area (Å²) >= 11 is 0. The number of aromatic nitrogens is 1. The van der Waals surface area contributed by atoms with Crippen LogP contribution in [0.15, 0.2) is 60.7 Å². The maximum absolute atomic E-state index is 2.36. The number of nitrogens with zero attached hydrogens (tertiary/aromatic N) is 1. The van der Waals surface area contributed by atoms with Crippen LogP contribution in [0.25, 0.3) is 16.9 Å². The normalized spacial score (nSPS) is 10.8. The van der Waals surface area contributed by atoms with Gasteiger partial charge in [0.25, 0.3) is 0 Å². The second kappa shape index (κ2) is 5.01. The van der Waals surface area contributed by atoms with Crippen molar-refractivity contribution in [1.82, 2.24) is 4.57 Å². The van der Waals surface area contributed by atoms with Gasteiger partial charge in [-0.2, -0.15) is 0 Å². The van der Waals surface area contributed by atoms with Gasteiger partial charge in [0, 0.05) is 11.4 Å². The average Bonchev–Trinajstić information content (AvgIpc) is 2.73. The van der Waals surface area contributed by atoms with Crippen LogP contribution < -0.4 is 0 Å². The zero-order valence-corrected chi connectivity index (χ0v) is 12.2. The van der Waals surface area contributed by atoms with E-state index in [4.69, 9.17) is 0 Å². The minimum absolute atomic E-state index is 1.22. The number of rotatable bonds is 2. The summed E-state index contributed by atoms with van der Waals surface area (Å²) in [5.74, 6) is 0. The summed E-state index contributed by atoms with van der Waals surface area (Å²) in [6, 6.07) is 21.2. The van der Waals surface area contributed by atoms with Crippen LogP contribution in [0, 0.1) is 20.8 Å². The lowest BCUT2D eigenvalue weighted by atomic mass is 10.1. The van der Waals surface area contributed by atoms with E-state index in [1.807, 2.05) is 0 Å². The standard InChI is InChI=1S/C19H19N/c1-14-15(2)19(17-10-6-4-7-11-17)20(16(14)3)18-12-8-5-9-13-18/h4-13H,1-3H3. The predicted octanol–water partition coefficient (Wildman–Crippen LogP) is 5.07. The van der Waals surface area contributed by atoms with Crippen molar-refractivity contribution in [2.75, 3.05) is 0 Å². The lowest BCUT2D eigenvalue weighted by molar-refractivity contribution is 1.01. The molecule has 1 heteroatoms. The van der Waals surface area contributed by atoms with Crippen LogP contribution in [-0.2, 0) is 0 Å². The van der Waals surface area contributed by atoms with Gasteiger partial charge in [0.2, 0.25) is 0 Å². The van der Waals surface area contributed by atoms with Crippen LogP contribution in [0.1, 0.15) is 16.8 Å². The van der Waals surface area contributed by atoms with Crippen LogP contribution in [-0.4, -0.2) is 4.57 Å². The quantitative estimate of drug-likeness (QED) is 0.607. The van der Waals surface area contributed by atoms with E-state index in [1.165, 1.54) is 33.8 Å². The minimum atomic E-state index is 1.22. The van der Waals surface area contributed by atoms with Crippen LogP contribution >= 0.6 is 0 Å². The molecule has 100 valence electrons. The Balaban J connectivity index is 2.32. The average molecular weight is 261 g/mol. The Labute approximate surface area is 120 Å². The van der Waals surface area contributed by atoms with Crippen molar-refractivity contribution >= 4 is 0 Å². The molecule has 3 rings (SSSR count). The van der Waals surface area contributed by atoms with Crippen molar-refractivity contribution in [2.24, 2.45) is 0 Å². The summed E-state index contributed by atoms with van der Waals surface area (Å²) < 4.78 is 2.36. The molecule has 1 heterocycles. The zero-order chi connectivity index (χ0) is 14.1. The number of hydrogen-bond acceptors (Lipinski definition) is 0. The molecule has 0 bridgehead atoms. The Morgan fingerprint density at radius 3 is 1.80 bits per heavy atom. The summed E-state index contributed by atoms with van der Waals surface area (Å²) in [5, 5.41) is 0. The molecular weight excluding hydrogens is 242 g/mol. The van der Waals surface area contributed by atoms with Gasteiger partial charge >= 0.3 is 0 Å². The second-order valence-corrected chi connectivity index (χ2v) is 5.22. The third-order valence-corrected chi connectivity index (χ3v) is 4.08. The third kappa shape index (κ3) is 1.96. The lowest BCUT2D eigenvalue weighted by Gasteiger charge is -2.12. The first kappa shape index (κ1) is 12.7.